The van der Waals surface area contributed by atoms with Crippen LogP contribution >= 0.6 is 15.9 Å². The first-order valence-corrected chi connectivity index (χ1v) is 52.8. The molecule has 36 heteroatoms. The highest BCUT2D eigenvalue weighted by Crippen LogP contribution is 2.37. The van der Waals surface area contributed by atoms with E-state index in [4.69, 9.17) is 75.8 Å². The number of anilines is 15. The second kappa shape index (κ2) is 73.4. The van der Waals surface area contributed by atoms with Crippen molar-refractivity contribution in [2.45, 2.75) is 318 Å². The Morgan fingerprint density at radius 2 is 0.455 bits per heavy atom. The third-order valence-corrected chi connectivity index (χ3v) is 22.6. The quantitative estimate of drug-likeness (QED) is 0.00553. The molecule has 34 nitrogen and oxygen atoms in total. The zero-order chi connectivity index (χ0) is 103. The second-order valence-corrected chi connectivity index (χ2v) is 35.9. The van der Waals surface area contributed by atoms with Gasteiger partial charge in [-0.15, -0.1) is 0 Å². The molecule has 143 heavy (non-hydrogen) atoms. The van der Waals surface area contributed by atoms with E-state index in [0.717, 1.165) is 153 Å². The van der Waals surface area contributed by atoms with Gasteiger partial charge in [0.25, 0.3) is 0 Å². The second-order valence-electron chi connectivity index (χ2n) is 35.1. The van der Waals surface area contributed by atoms with Crippen molar-refractivity contribution < 1.29 is 79.0 Å². The maximum Gasteiger partial charge on any atom is 0.569 e. The molecule has 0 aliphatic rings. The molecule has 0 saturated heterocycles. The van der Waals surface area contributed by atoms with Crippen molar-refractivity contribution in [1.82, 2.24) is 44.9 Å². The van der Waals surface area contributed by atoms with Crippen molar-refractivity contribution in [3.05, 3.63) is 127 Å². The Morgan fingerprint density at radius 1 is 0.238 bits per heavy atom. The highest BCUT2D eigenvalue weighted by molar-refractivity contribution is 9.09. The number of halogens is 1. The van der Waals surface area contributed by atoms with Gasteiger partial charge in [-0.3, -0.25) is 0 Å². The fraction of sp³-hybridized carbons (Fsp3) is 0.523. The summed E-state index contributed by atoms with van der Waals surface area (Å²) in [4.78, 5) is 38.1. The van der Waals surface area contributed by atoms with Gasteiger partial charge in [0.15, 0.2) is 0 Å². The number of rotatable bonds is 68. The Hall–Kier alpha value is -12.7. The van der Waals surface area contributed by atoms with Crippen LogP contribution in [0.5, 0.6) is 86.2 Å². The molecular formula is C107H161BBrN18O16. The van der Waals surface area contributed by atoms with Crippen LogP contribution in [0.3, 0.4) is 0 Å². The van der Waals surface area contributed by atoms with Crippen LogP contribution in [0.2, 0.25) is 0 Å². The van der Waals surface area contributed by atoms with Crippen molar-refractivity contribution in [3.63, 3.8) is 0 Å². The Morgan fingerprint density at radius 3 is 0.685 bits per heavy atom. The minimum absolute atomic E-state index is 0.0114. The van der Waals surface area contributed by atoms with E-state index >= 15 is 0 Å². The zero-order valence-electron chi connectivity index (χ0n) is 85.4. The van der Waals surface area contributed by atoms with E-state index < -0.39 is 0 Å². The zero-order valence-corrected chi connectivity index (χ0v) is 87.0. The number of aromatic hydroxyl groups is 8. The van der Waals surface area contributed by atoms with Gasteiger partial charge in [0, 0.05) is 149 Å². The highest BCUT2D eigenvalue weighted by Gasteiger charge is 2.18. The molecular weight excluding hydrogens is 1880 g/mol. The molecule has 21 N–H and O–H groups in total. The summed E-state index contributed by atoms with van der Waals surface area (Å²) in [6.07, 6.45) is 51.4. The number of alkyl halides is 1. The number of ether oxygens (including phenoxy) is 6. The largest absolute Gasteiger partial charge is 0.569 e. The maximum absolute atomic E-state index is 10.0. The first-order chi connectivity index (χ1) is 69.5. The molecule has 1 radical (unpaired) electrons. The van der Waals surface area contributed by atoms with E-state index in [9.17, 15) is 30.6 Å². The van der Waals surface area contributed by atoms with Crippen molar-refractivity contribution >= 4 is 111 Å². The highest BCUT2D eigenvalue weighted by atomic mass is 79.9. The number of hydrogen-bond donors (Lipinski definition) is 18. The summed E-state index contributed by atoms with van der Waals surface area (Å²) in [5.74, 6) is 4.36. The maximum atomic E-state index is 10.0. The van der Waals surface area contributed by atoms with Gasteiger partial charge in [0.2, 0.25) is 53.5 Å². The fourth-order valence-corrected chi connectivity index (χ4v) is 15.1. The van der Waals surface area contributed by atoms with Gasteiger partial charge in [-0.05, 0) is 57.1 Å². The van der Waals surface area contributed by atoms with Crippen molar-refractivity contribution in [3.8, 4) is 86.2 Å². The molecule has 7 aromatic carbocycles. The minimum Gasteiger partial charge on any atom is -0.537 e. The number of nitrogens with zero attached hydrogens (tertiary/aromatic N) is 9. The van der Waals surface area contributed by atoms with Gasteiger partial charge >= 0.3 is 7.69 Å². The lowest BCUT2D eigenvalue weighted by Gasteiger charge is -2.16. The summed E-state index contributed by atoms with van der Waals surface area (Å²) in [5.41, 5.74) is 18.4. The van der Waals surface area contributed by atoms with Crippen LogP contribution < -0.4 is 82.2 Å². The van der Waals surface area contributed by atoms with Crippen LogP contribution in [0.4, 0.5) is 87.7 Å². The van der Waals surface area contributed by atoms with Crippen LogP contribution in [0.25, 0.3) is 0 Å². The number of hydrogen-bond acceptors (Lipinski definition) is 34. The van der Waals surface area contributed by atoms with Gasteiger partial charge in [-0.25, -0.2) is 0 Å². The third-order valence-electron chi connectivity index (χ3n) is 22.1. The number of benzene rings is 7. The van der Waals surface area contributed by atoms with E-state index in [1.807, 2.05) is 54.6 Å². The SMILES string of the molecule is CCCCCCCCBr.CCCCCCCCOc1cc(Nc2nc(Nc3cc(OCCCCCCCC)cc(OCCCCCCCC)c3)nc(Nc3cc(OCCCCCCCC)cc(OCCCCCCCC)c3)n2)cc(OCCCCCCCC)c1.Nc1nc(N)nc(N)n1.O[B]Oc1cc(O)cc(O)c1.Oc1cc(O)cc(Nc2nc(Nc3cc(O)cc(O)c3)nc(Nc3ccc(O)cc3O)n2)c1. The van der Waals surface area contributed by atoms with E-state index in [1.54, 1.807) is 0 Å². The summed E-state index contributed by atoms with van der Waals surface area (Å²) in [7, 11) is 0.466. The summed E-state index contributed by atoms with van der Waals surface area (Å²) in [6.45, 7) is 19.6. The monoisotopic (exact) mass is 2040 g/mol. The van der Waals surface area contributed by atoms with Crippen molar-refractivity contribution in [2.24, 2.45) is 0 Å². The summed E-state index contributed by atoms with van der Waals surface area (Å²) < 4.78 is 43.1. The summed E-state index contributed by atoms with van der Waals surface area (Å²) >= 11 is 3.42. The van der Waals surface area contributed by atoms with Gasteiger partial charge in [-0.2, -0.15) is 44.9 Å². The van der Waals surface area contributed by atoms with Crippen molar-refractivity contribution in [1.29, 1.82) is 0 Å². The smallest absolute Gasteiger partial charge is 0.537 e. The molecule has 0 spiro atoms. The molecule has 0 aliphatic carbocycles. The number of nitrogens with two attached hydrogens (primary N) is 3. The lowest BCUT2D eigenvalue weighted by atomic mass is 10.1. The van der Waals surface area contributed by atoms with Crippen LogP contribution in [0.1, 0.15) is 318 Å². The Labute approximate surface area is 856 Å². The summed E-state index contributed by atoms with van der Waals surface area (Å²) in [5, 5.41) is 105. The molecule has 0 saturated carbocycles. The number of nitrogen functional groups attached to an aromatic ring is 3. The van der Waals surface area contributed by atoms with E-state index in [-0.39, 0.29) is 104 Å². The third kappa shape index (κ3) is 54.9. The first kappa shape index (κ1) is 119. The van der Waals surface area contributed by atoms with Crippen molar-refractivity contribution in [2.75, 3.05) is 94.1 Å². The standard InChI is InChI=1S/C69H114N6O6.C21H18N6O6.C8H17Br.C6H6BO4.C3H6N6/c1-7-13-19-25-31-37-43-76-61-49-58(50-62(55-61)77-44-38-32-26-20-14-8-2)70-67-73-68(71-59-51-63(78-45-39-33-27-21-15-9-3)56-64(52-59)79-46-40-34-28-22-16-10-4)75-69(74-67)72-60-53-65(80-47-41-35-29-23-17-11-5)57-66(54-60)81-48-42-36-30-24-18-12-6;28-12-1-2-17(18(33)9-12)24-21-26-19(22-10-3-13(29)7-14(30)4-10)25-20(27-21)23-11-5-15(31)8-16(32)6-11;1-2-3-4-5-6-7-8-9;8-4-1-5(9)3-6(2-4)11-7-10;4-1-7-2(5)9-3(6)8-1/h49-57H,7-48H2,1-6H3,(H3,70,71,72,73,74,75);1-9,28-33H,(H3,22,23,24,25,26,27);2-8H2,1H3;1-3,8-10H;(H6,4,5,6,7,8,9). The molecule has 0 atom stereocenters. The molecule has 10 rings (SSSR count). The van der Waals surface area contributed by atoms with E-state index in [0.29, 0.717) is 65.2 Å². The molecule has 0 unspecified atom stereocenters. The van der Waals surface area contributed by atoms with Crippen LogP contribution in [0, 0.1) is 0 Å². The number of nitrogens with one attached hydrogen (secondary N) is 6. The van der Waals surface area contributed by atoms with E-state index in [2.05, 4.69) is 131 Å². The lowest BCUT2D eigenvalue weighted by molar-refractivity contribution is 0.289. The molecule has 785 valence electrons. The van der Waals surface area contributed by atoms with E-state index in [1.165, 1.54) is 246 Å². The predicted octanol–water partition coefficient (Wildman–Crippen LogP) is 27.2. The minimum atomic E-state index is -0.254. The number of phenols is 8. The fourth-order valence-electron chi connectivity index (χ4n) is 14.7. The summed E-state index contributed by atoms with van der Waals surface area (Å²) in [6, 6.07) is 33.3. The molecule has 3 heterocycles. The Kier molecular flexibility index (Phi) is 61.0. The van der Waals surface area contributed by atoms with Gasteiger partial charge < -0.3 is 128 Å². The molecule has 10 aromatic rings. The Bertz CT molecular complexity index is 4580. The molecule has 0 amide bonds. The number of aromatic nitrogens is 9. The average Bonchev–Trinajstić information content (AvgIpc) is 0.823. The molecule has 3 aromatic heterocycles. The van der Waals surface area contributed by atoms with Crippen LogP contribution in [0.15, 0.2) is 127 Å². The van der Waals surface area contributed by atoms with Gasteiger partial charge in [-0.1, -0.05) is 289 Å². The van der Waals surface area contributed by atoms with Gasteiger partial charge in [0.1, 0.15) is 86.2 Å². The van der Waals surface area contributed by atoms with Crippen LogP contribution in [-0.2, 0) is 0 Å². The Balaban J connectivity index is 0.000000400. The molecule has 0 fully saturated rings. The number of phenolic OH excluding ortho intramolecular Hbond substituents is 8. The number of unbranched alkanes of at least 4 members (excludes halogenated alkanes) is 35. The van der Waals surface area contributed by atoms with Gasteiger partial charge in [0.05, 0.1) is 45.3 Å². The predicted molar refractivity (Wildman–Crippen MR) is 580 cm³/mol. The molecule has 0 bridgehead atoms. The average molecular weight is 2050 g/mol. The molecule has 0 aliphatic heterocycles. The lowest BCUT2D eigenvalue weighted by Crippen LogP contribution is -2.08. The first-order valence-electron chi connectivity index (χ1n) is 51.7. The van der Waals surface area contributed by atoms with Crippen LogP contribution in [-0.4, -0.2) is 143 Å². The topological polar surface area (TPSA) is 513 Å². The normalized spacial score (nSPS) is 10.7.